The van der Waals surface area contributed by atoms with Crippen LogP contribution in [-0.2, 0) is 19.2 Å². The van der Waals surface area contributed by atoms with E-state index in [0.29, 0.717) is 0 Å². The van der Waals surface area contributed by atoms with E-state index in [1.807, 2.05) is 12.2 Å². The summed E-state index contributed by atoms with van der Waals surface area (Å²) in [5.41, 5.74) is 0. The van der Waals surface area contributed by atoms with E-state index in [-0.39, 0.29) is 71.0 Å². The van der Waals surface area contributed by atoms with E-state index in [4.69, 9.17) is 0 Å². The van der Waals surface area contributed by atoms with Crippen LogP contribution in [0.1, 0.15) is 0 Å². The Morgan fingerprint density at radius 3 is 1.35 bits per heavy atom. The van der Waals surface area contributed by atoms with Gasteiger partial charge < -0.3 is 0 Å². The number of nitrogens with one attached hydrogen (secondary N) is 2. The molecule has 2 saturated heterocycles. The number of allylic oxidation sites excluding steroid dienone is 2. The molecule has 2 N–H and O–H groups in total. The van der Waals surface area contributed by atoms with E-state index in [0.717, 1.165) is 0 Å². The summed E-state index contributed by atoms with van der Waals surface area (Å²) in [6.07, 6.45) is 3.97. The molecular formula is C14H12N2O4. The number of imide groups is 2. The normalized spacial score (nSPS) is 54.0. The molecule has 8 atom stereocenters. The van der Waals surface area contributed by atoms with Gasteiger partial charge in [-0.05, 0) is 23.7 Å². The first-order chi connectivity index (χ1) is 9.59. The smallest absolute Gasteiger partial charge is 0.231 e. The molecule has 20 heavy (non-hydrogen) atoms. The molecule has 0 aromatic rings. The van der Waals surface area contributed by atoms with Gasteiger partial charge in [0.1, 0.15) is 0 Å². The molecule has 2 heterocycles. The summed E-state index contributed by atoms with van der Waals surface area (Å²) >= 11 is 0. The SMILES string of the molecule is O=C1NC(=O)[C@H]2[C@@H]3C=C[C@H]([C@@H]12)[C@@H]1[C@@H]2C(=O)NC(=O)[C@H]2[C@@H]31. The molecule has 6 aliphatic rings. The molecular weight excluding hydrogens is 260 g/mol. The molecule has 0 spiro atoms. The molecule has 2 aliphatic heterocycles. The van der Waals surface area contributed by atoms with E-state index in [1.165, 1.54) is 0 Å². The quantitative estimate of drug-likeness (QED) is 0.429. The minimum absolute atomic E-state index is 0.0411. The maximum atomic E-state index is 12.0. The summed E-state index contributed by atoms with van der Waals surface area (Å²) in [5, 5.41) is 4.81. The number of hydrogen-bond donors (Lipinski definition) is 2. The zero-order valence-electron chi connectivity index (χ0n) is 10.4. The highest BCUT2D eigenvalue weighted by molar-refractivity contribution is 6.09. The van der Waals surface area contributed by atoms with Crippen molar-refractivity contribution in [2.75, 3.05) is 0 Å². The van der Waals surface area contributed by atoms with Crippen LogP contribution in [0.25, 0.3) is 0 Å². The van der Waals surface area contributed by atoms with Crippen LogP contribution >= 0.6 is 0 Å². The monoisotopic (exact) mass is 272 g/mol. The van der Waals surface area contributed by atoms with Crippen molar-refractivity contribution in [2.45, 2.75) is 0 Å². The lowest BCUT2D eigenvalue weighted by Gasteiger charge is -2.60. The van der Waals surface area contributed by atoms with Crippen molar-refractivity contribution < 1.29 is 19.2 Å². The molecule has 4 fully saturated rings. The Morgan fingerprint density at radius 2 is 0.950 bits per heavy atom. The Balaban J connectivity index is 1.63. The number of carbonyl (C=O) groups excluding carboxylic acids is 4. The van der Waals surface area contributed by atoms with Crippen molar-refractivity contribution in [3.63, 3.8) is 0 Å². The van der Waals surface area contributed by atoms with Crippen LogP contribution in [-0.4, -0.2) is 23.6 Å². The van der Waals surface area contributed by atoms with Gasteiger partial charge >= 0.3 is 0 Å². The number of rotatable bonds is 0. The zero-order chi connectivity index (χ0) is 13.8. The lowest BCUT2D eigenvalue weighted by atomic mass is 9.40. The van der Waals surface area contributed by atoms with E-state index in [9.17, 15) is 19.2 Å². The average molecular weight is 272 g/mol. The van der Waals surface area contributed by atoms with Crippen molar-refractivity contribution >= 4 is 23.6 Å². The molecule has 6 heteroatoms. The summed E-state index contributed by atoms with van der Waals surface area (Å²) in [7, 11) is 0. The van der Waals surface area contributed by atoms with Crippen molar-refractivity contribution in [3.8, 4) is 0 Å². The fourth-order valence-electron chi connectivity index (χ4n) is 5.44. The largest absolute Gasteiger partial charge is 0.296 e. The van der Waals surface area contributed by atoms with Crippen LogP contribution < -0.4 is 10.6 Å². The molecule has 0 aromatic heterocycles. The topological polar surface area (TPSA) is 92.3 Å². The van der Waals surface area contributed by atoms with E-state index in [2.05, 4.69) is 10.6 Å². The predicted octanol–water partition coefficient (Wildman–Crippen LogP) is -1.17. The van der Waals surface area contributed by atoms with Crippen LogP contribution in [0.3, 0.4) is 0 Å². The van der Waals surface area contributed by atoms with Gasteiger partial charge in [-0.3, -0.25) is 29.8 Å². The first-order valence-electron chi connectivity index (χ1n) is 6.97. The van der Waals surface area contributed by atoms with Gasteiger partial charge in [-0.15, -0.1) is 0 Å². The Bertz CT molecular complexity index is 587. The second kappa shape index (κ2) is 3.02. The van der Waals surface area contributed by atoms with E-state index >= 15 is 0 Å². The molecule has 4 aliphatic carbocycles. The lowest BCUT2D eigenvalue weighted by Crippen LogP contribution is -2.63. The maximum Gasteiger partial charge on any atom is 0.231 e. The summed E-state index contributed by atoms with van der Waals surface area (Å²) < 4.78 is 0. The molecule has 102 valence electrons. The third-order valence-electron chi connectivity index (χ3n) is 6.03. The molecule has 0 radical (unpaired) electrons. The van der Waals surface area contributed by atoms with Crippen LogP contribution in [0, 0.1) is 47.3 Å². The van der Waals surface area contributed by atoms with Crippen molar-refractivity contribution in [1.82, 2.24) is 10.6 Å². The first-order valence-corrected chi connectivity index (χ1v) is 6.97. The molecule has 6 nitrogen and oxygen atoms in total. The number of amides is 4. The van der Waals surface area contributed by atoms with Crippen LogP contribution in [0.2, 0.25) is 0 Å². The minimum atomic E-state index is -0.344. The third-order valence-corrected chi connectivity index (χ3v) is 6.03. The fourth-order valence-corrected chi connectivity index (χ4v) is 5.44. The highest BCUT2D eigenvalue weighted by atomic mass is 16.2. The number of carbonyl (C=O) groups is 4. The Labute approximate surface area is 114 Å². The highest BCUT2D eigenvalue weighted by Crippen LogP contribution is 2.66. The molecule has 6 rings (SSSR count). The van der Waals surface area contributed by atoms with E-state index in [1.54, 1.807) is 0 Å². The van der Waals surface area contributed by atoms with Crippen molar-refractivity contribution in [2.24, 2.45) is 47.3 Å². The summed E-state index contributed by atoms with van der Waals surface area (Å²) in [6.45, 7) is 0. The first kappa shape index (κ1) is 10.8. The predicted molar refractivity (Wildman–Crippen MR) is 63.4 cm³/mol. The highest BCUT2D eigenvalue weighted by Gasteiger charge is 2.72. The van der Waals surface area contributed by atoms with Gasteiger partial charge in [-0.25, -0.2) is 0 Å². The van der Waals surface area contributed by atoms with Crippen LogP contribution in [0.4, 0.5) is 0 Å². The summed E-state index contributed by atoms with van der Waals surface area (Å²) in [4.78, 5) is 47.8. The zero-order valence-corrected chi connectivity index (χ0v) is 10.4. The molecule has 0 unspecified atom stereocenters. The van der Waals surface area contributed by atoms with Gasteiger partial charge in [0.25, 0.3) is 0 Å². The van der Waals surface area contributed by atoms with Gasteiger partial charge in [0.05, 0.1) is 23.7 Å². The maximum absolute atomic E-state index is 12.0. The van der Waals surface area contributed by atoms with Crippen molar-refractivity contribution in [1.29, 1.82) is 0 Å². The van der Waals surface area contributed by atoms with Gasteiger partial charge in [-0.2, -0.15) is 0 Å². The van der Waals surface area contributed by atoms with E-state index < -0.39 is 0 Å². The molecule has 0 aromatic carbocycles. The fraction of sp³-hybridized carbons (Fsp3) is 0.571. The lowest BCUT2D eigenvalue weighted by molar-refractivity contribution is -0.166. The molecule has 2 saturated carbocycles. The summed E-state index contributed by atoms with van der Waals surface area (Å²) in [5.74, 6) is -2.21. The number of hydrogen-bond acceptors (Lipinski definition) is 4. The third kappa shape index (κ3) is 0.910. The molecule has 2 bridgehead atoms. The van der Waals surface area contributed by atoms with Gasteiger partial charge in [0, 0.05) is 0 Å². The summed E-state index contributed by atoms with van der Waals surface area (Å²) in [6, 6.07) is 0. The Morgan fingerprint density at radius 1 is 0.600 bits per heavy atom. The molecule has 4 amide bonds. The van der Waals surface area contributed by atoms with Gasteiger partial charge in [0.2, 0.25) is 23.6 Å². The second-order valence-corrected chi connectivity index (χ2v) is 6.50. The Hall–Kier alpha value is -1.98. The van der Waals surface area contributed by atoms with Gasteiger partial charge in [-0.1, -0.05) is 12.2 Å². The van der Waals surface area contributed by atoms with Crippen molar-refractivity contribution in [3.05, 3.63) is 12.2 Å². The van der Waals surface area contributed by atoms with Gasteiger partial charge in [0.15, 0.2) is 0 Å². The average Bonchev–Trinajstić information content (AvgIpc) is 2.78. The van der Waals surface area contributed by atoms with Crippen LogP contribution in [0.5, 0.6) is 0 Å². The number of fused-ring (bicyclic) bond motifs is 1. The van der Waals surface area contributed by atoms with Crippen LogP contribution in [0.15, 0.2) is 12.2 Å². The second-order valence-electron chi connectivity index (χ2n) is 6.50. The Kier molecular flexibility index (Phi) is 1.63. The standard InChI is InChI=1S/C14H12N2O4/c17-11-7-3-1-2-4(8(7)12(18)15-11)6-5(3)9-10(6)14(20)16-13(9)19/h1-10H,(H,15,17,18)(H,16,19,20)/t3-,4+,5-,6-,7+,8-,9-,10-/m0/s1. The minimum Gasteiger partial charge on any atom is -0.296 e.